The number of rotatable bonds is 5. The molecule has 154 valence electrons. The number of hydrogen-bond donors (Lipinski definition) is 4. The maximum absolute atomic E-state index is 12.4. The average Bonchev–Trinajstić information content (AvgIpc) is 2.70. The van der Waals surface area contributed by atoms with Gasteiger partial charge in [-0.25, -0.2) is 5.48 Å². The molecule has 0 saturated heterocycles. The van der Waals surface area contributed by atoms with Gasteiger partial charge in [0.05, 0.1) is 13.3 Å². The summed E-state index contributed by atoms with van der Waals surface area (Å²) in [4.78, 5) is 36.7. The van der Waals surface area contributed by atoms with Crippen molar-refractivity contribution in [1.82, 2.24) is 16.1 Å². The van der Waals surface area contributed by atoms with Gasteiger partial charge in [0.2, 0.25) is 17.7 Å². The van der Waals surface area contributed by atoms with Crippen LogP contribution in [0.2, 0.25) is 0 Å². The van der Waals surface area contributed by atoms with Crippen molar-refractivity contribution in [3.63, 3.8) is 0 Å². The lowest BCUT2D eigenvalue weighted by atomic mass is 9.97. The van der Waals surface area contributed by atoms with Crippen LogP contribution < -0.4 is 20.9 Å². The number of nitrogens with one attached hydrogen (secondary N) is 3. The molecule has 0 fully saturated rings. The fourth-order valence-corrected chi connectivity index (χ4v) is 2.98. The molecule has 4 N–H and O–H groups in total. The van der Waals surface area contributed by atoms with Gasteiger partial charge in [-0.15, -0.1) is 0 Å². The van der Waals surface area contributed by atoms with E-state index in [1.165, 1.54) is 0 Å². The summed E-state index contributed by atoms with van der Waals surface area (Å²) >= 11 is 0. The predicted octanol–water partition coefficient (Wildman–Crippen LogP) is 0.874. The van der Waals surface area contributed by atoms with E-state index in [1.54, 1.807) is 17.6 Å². The third-order valence-electron chi connectivity index (χ3n) is 4.50. The number of benzene rings is 1. The summed E-state index contributed by atoms with van der Waals surface area (Å²) in [6.07, 6.45) is 1.12. The first-order valence-corrected chi connectivity index (χ1v) is 9.32. The number of amides is 3. The Bertz CT molecular complexity index is 668. The van der Waals surface area contributed by atoms with Crippen molar-refractivity contribution in [3.8, 4) is 5.75 Å². The van der Waals surface area contributed by atoms with Gasteiger partial charge in [0.1, 0.15) is 11.8 Å². The SMILES string of the molecule is O=C1CC(C(=O)NO)CCCOc2ccc(cc2)CC(C(=O)NCCCF)N1. The summed E-state index contributed by atoms with van der Waals surface area (Å²) in [5.41, 5.74) is 2.40. The lowest BCUT2D eigenvalue weighted by Crippen LogP contribution is -2.49. The second-order valence-electron chi connectivity index (χ2n) is 6.67. The summed E-state index contributed by atoms with van der Waals surface area (Å²) in [6.45, 7) is -0.00345. The van der Waals surface area contributed by atoms with Crippen LogP contribution in [0.15, 0.2) is 24.3 Å². The van der Waals surface area contributed by atoms with Gasteiger partial charge in [0, 0.05) is 25.3 Å². The third kappa shape index (κ3) is 6.80. The van der Waals surface area contributed by atoms with Gasteiger partial charge in [-0.3, -0.25) is 24.0 Å². The molecule has 8 nitrogen and oxygen atoms in total. The lowest BCUT2D eigenvalue weighted by molar-refractivity contribution is -0.137. The van der Waals surface area contributed by atoms with E-state index >= 15 is 0 Å². The highest BCUT2D eigenvalue weighted by molar-refractivity contribution is 5.90. The molecule has 28 heavy (non-hydrogen) atoms. The van der Waals surface area contributed by atoms with Crippen LogP contribution in [-0.4, -0.2) is 48.8 Å². The van der Waals surface area contributed by atoms with E-state index < -0.39 is 36.4 Å². The lowest BCUT2D eigenvalue weighted by Gasteiger charge is -2.21. The molecule has 0 aromatic heterocycles. The van der Waals surface area contributed by atoms with Crippen LogP contribution in [0.5, 0.6) is 5.75 Å². The number of carbonyl (C=O) groups excluding carboxylic acids is 3. The molecule has 2 heterocycles. The predicted molar refractivity (Wildman–Crippen MR) is 98.4 cm³/mol. The maximum Gasteiger partial charge on any atom is 0.246 e. The topological polar surface area (TPSA) is 117 Å². The largest absolute Gasteiger partial charge is 0.494 e. The minimum absolute atomic E-state index is 0.168. The number of hydrogen-bond acceptors (Lipinski definition) is 5. The normalized spacial score (nSPS) is 20.4. The molecule has 0 aliphatic carbocycles. The summed E-state index contributed by atoms with van der Waals surface area (Å²) in [5, 5.41) is 14.2. The molecule has 1 aromatic rings. The minimum Gasteiger partial charge on any atom is -0.494 e. The molecule has 1 aromatic carbocycles. The first-order chi connectivity index (χ1) is 13.5. The second-order valence-corrected chi connectivity index (χ2v) is 6.67. The number of fused-ring (bicyclic) bond motifs is 11. The molecule has 2 aliphatic rings. The molecule has 2 aliphatic heterocycles. The Morgan fingerprint density at radius 3 is 2.64 bits per heavy atom. The van der Waals surface area contributed by atoms with Crippen LogP contribution in [0, 0.1) is 5.92 Å². The van der Waals surface area contributed by atoms with Crippen LogP contribution in [-0.2, 0) is 20.8 Å². The van der Waals surface area contributed by atoms with Crippen LogP contribution >= 0.6 is 0 Å². The smallest absolute Gasteiger partial charge is 0.246 e. The molecule has 2 atom stereocenters. The van der Waals surface area contributed by atoms with Crippen molar-refractivity contribution in [2.24, 2.45) is 5.92 Å². The highest BCUT2D eigenvalue weighted by Gasteiger charge is 2.26. The van der Waals surface area contributed by atoms with E-state index in [0.717, 1.165) is 5.56 Å². The zero-order chi connectivity index (χ0) is 20.4. The Hall–Kier alpha value is -2.68. The molecule has 2 bridgehead atoms. The van der Waals surface area contributed by atoms with Gasteiger partial charge in [-0.1, -0.05) is 12.1 Å². The summed E-state index contributed by atoms with van der Waals surface area (Å²) in [5.74, 6) is -1.63. The van der Waals surface area contributed by atoms with Crippen molar-refractivity contribution >= 4 is 17.7 Å². The number of hydroxylamine groups is 1. The first-order valence-electron chi connectivity index (χ1n) is 9.32. The minimum atomic E-state index is -0.861. The number of carbonyl (C=O) groups is 3. The van der Waals surface area contributed by atoms with E-state index in [1.807, 2.05) is 12.1 Å². The Morgan fingerprint density at radius 1 is 1.21 bits per heavy atom. The zero-order valence-corrected chi connectivity index (χ0v) is 15.6. The Morgan fingerprint density at radius 2 is 1.96 bits per heavy atom. The van der Waals surface area contributed by atoms with Crippen LogP contribution in [0.4, 0.5) is 4.39 Å². The first kappa shape index (κ1) is 21.6. The fraction of sp³-hybridized carbons (Fsp3) is 0.526. The zero-order valence-electron chi connectivity index (χ0n) is 15.6. The molecule has 2 unspecified atom stereocenters. The fourth-order valence-electron chi connectivity index (χ4n) is 2.98. The van der Waals surface area contributed by atoms with Gasteiger partial charge < -0.3 is 15.4 Å². The van der Waals surface area contributed by atoms with Crippen LogP contribution in [0.3, 0.4) is 0 Å². The molecule has 0 saturated carbocycles. The highest BCUT2D eigenvalue weighted by Crippen LogP contribution is 2.17. The Labute approximate surface area is 162 Å². The van der Waals surface area contributed by atoms with Crippen LogP contribution in [0.25, 0.3) is 0 Å². The van der Waals surface area contributed by atoms with Gasteiger partial charge in [-0.2, -0.15) is 0 Å². The Kier molecular flexibility index (Phi) is 8.67. The van der Waals surface area contributed by atoms with E-state index in [-0.39, 0.29) is 25.8 Å². The van der Waals surface area contributed by atoms with Crippen molar-refractivity contribution in [2.75, 3.05) is 19.8 Å². The van der Waals surface area contributed by atoms with E-state index in [2.05, 4.69) is 10.6 Å². The molecule has 0 spiro atoms. The van der Waals surface area contributed by atoms with Crippen molar-refractivity contribution in [1.29, 1.82) is 0 Å². The van der Waals surface area contributed by atoms with E-state index in [4.69, 9.17) is 9.94 Å². The van der Waals surface area contributed by atoms with Gasteiger partial charge in [0.25, 0.3) is 0 Å². The second kappa shape index (κ2) is 11.2. The molecular formula is C19H26FN3O5. The monoisotopic (exact) mass is 395 g/mol. The third-order valence-corrected chi connectivity index (χ3v) is 4.50. The average molecular weight is 395 g/mol. The number of halogens is 1. The molecule has 0 radical (unpaired) electrons. The number of alkyl halides is 1. The molecule has 3 rings (SSSR count). The molecular weight excluding hydrogens is 369 g/mol. The molecule has 9 heteroatoms. The summed E-state index contributed by atoms with van der Waals surface area (Å²) < 4.78 is 17.9. The Balaban J connectivity index is 2.17. The summed E-state index contributed by atoms with van der Waals surface area (Å²) in [7, 11) is 0. The van der Waals surface area contributed by atoms with Gasteiger partial charge in [-0.05, 0) is 37.0 Å². The number of ether oxygens (including phenoxy) is 1. The van der Waals surface area contributed by atoms with Crippen molar-refractivity contribution in [3.05, 3.63) is 29.8 Å². The molecule has 3 amide bonds. The van der Waals surface area contributed by atoms with Crippen molar-refractivity contribution < 1.29 is 28.7 Å². The van der Waals surface area contributed by atoms with E-state index in [0.29, 0.717) is 25.2 Å². The van der Waals surface area contributed by atoms with Crippen molar-refractivity contribution in [2.45, 2.75) is 38.1 Å². The standard InChI is InChI=1S/C19H26FN3O5/c20-8-2-9-21-19(26)16-11-13-4-6-15(7-5-13)28-10-1-3-14(18(25)23-27)12-17(24)22-16/h4-7,14,16,27H,1-3,8-12H2,(H,21,26)(H,22,24)(H,23,25). The highest BCUT2D eigenvalue weighted by atomic mass is 19.1. The summed E-state index contributed by atoms with van der Waals surface area (Å²) in [6, 6.07) is 6.33. The van der Waals surface area contributed by atoms with Gasteiger partial charge >= 0.3 is 0 Å². The van der Waals surface area contributed by atoms with Crippen LogP contribution in [0.1, 0.15) is 31.2 Å². The van der Waals surface area contributed by atoms with E-state index in [9.17, 15) is 18.8 Å². The van der Waals surface area contributed by atoms with Gasteiger partial charge in [0.15, 0.2) is 0 Å². The quantitative estimate of drug-likeness (QED) is 0.335. The maximum atomic E-state index is 12.4.